The largest absolute Gasteiger partial charge is 0.393 e. The van der Waals surface area contributed by atoms with Gasteiger partial charge in [0.2, 0.25) is 0 Å². The van der Waals surface area contributed by atoms with Crippen molar-refractivity contribution in [3.05, 3.63) is 60.2 Å². The predicted octanol–water partition coefficient (Wildman–Crippen LogP) is 4.52. The van der Waals surface area contributed by atoms with Gasteiger partial charge in [-0.25, -0.2) is 0 Å². The third kappa shape index (κ3) is 5.06. The summed E-state index contributed by atoms with van der Waals surface area (Å²) in [4.78, 5) is 0. The van der Waals surface area contributed by atoms with Crippen molar-refractivity contribution in [3.8, 4) is 0 Å². The molecule has 1 unspecified atom stereocenters. The zero-order valence-corrected chi connectivity index (χ0v) is 12.0. The van der Waals surface area contributed by atoms with Crippen LogP contribution in [0.5, 0.6) is 0 Å². The summed E-state index contributed by atoms with van der Waals surface area (Å²) in [5.41, 5.74) is 3.58. The van der Waals surface area contributed by atoms with Crippen molar-refractivity contribution in [1.29, 1.82) is 0 Å². The molecule has 2 aromatic rings. The molecule has 0 amide bonds. The molecule has 0 aromatic heterocycles. The first kappa shape index (κ1) is 14.6. The molecule has 0 bridgehead atoms. The molecule has 0 fully saturated rings. The topological polar surface area (TPSA) is 32.3 Å². The summed E-state index contributed by atoms with van der Waals surface area (Å²) in [6, 6.07) is 18.8. The van der Waals surface area contributed by atoms with Gasteiger partial charge in [-0.3, -0.25) is 0 Å². The van der Waals surface area contributed by atoms with E-state index in [1.165, 1.54) is 5.56 Å². The van der Waals surface area contributed by atoms with Gasteiger partial charge in [-0.05, 0) is 56.0 Å². The Bertz CT molecular complexity index is 491. The van der Waals surface area contributed by atoms with Crippen molar-refractivity contribution in [2.75, 3.05) is 5.32 Å². The maximum Gasteiger partial charge on any atom is 0.0512 e. The Balaban J connectivity index is 1.81. The van der Waals surface area contributed by atoms with Crippen LogP contribution in [-0.2, 0) is 6.42 Å². The first-order chi connectivity index (χ1) is 9.74. The molecule has 2 N–H and O–H groups in total. The average Bonchev–Trinajstić information content (AvgIpc) is 2.46. The van der Waals surface area contributed by atoms with E-state index in [0.717, 1.165) is 37.1 Å². The van der Waals surface area contributed by atoms with Crippen LogP contribution in [-0.4, -0.2) is 11.2 Å². The van der Waals surface area contributed by atoms with E-state index in [4.69, 9.17) is 0 Å². The highest BCUT2D eigenvalue weighted by atomic mass is 16.3. The van der Waals surface area contributed by atoms with Gasteiger partial charge in [0.25, 0.3) is 0 Å². The molecule has 2 rings (SSSR count). The second kappa shape index (κ2) is 7.71. The maximum atomic E-state index is 9.22. The van der Waals surface area contributed by atoms with Gasteiger partial charge in [-0.1, -0.05) is 36.8 Å². The van der Waals surface area contributed by atoms with Gasteiger partial charge >= 0.3 is 0 Å². The Hall–Kier alpha value is -1.80. The van der Waals surface area contributed by atoms with E-state index in [1.54, 1.807) is 0 Å². The summed E-state index contributed by atoms with van der Waals surface area (Å²) in [6.07, 6.45) is 4.02. The summed E-state index contributed by atoms with van der Waals surface area (Å²) in [6.45, 7) is 1.85. The van der Waals surface area contributed by atoms with Gasteiger partial charge < -0.3 is 10.4 Å². The van der Waals surface area contributed by atoms with Crippen molar-refractivity contribution in [2.24, 2.45) is 0 Å². The van der Waals surface area contributed by atoms with E-state index in [0.29, 0.717) is 0 Å². The lowest BCUT2D eigenvalue weighted by molar-refractivity contribution is 0.180. The normalized spacial score (nSPS) is 12.1. The summed E-state index contributed by atoms with van der Waals surface area (Å²) >= 11 is 0. The van der Waals surface area contributed by atoms with Gasteiger partial charge in [-0.2, -0.15) is 0 Å². The minimum Gasteiger partial charge on any atom is -0.393 e. The summed E-state index contributed by atoms with van der Waals surface area (Å²) in [5.74, 6) is 0. The molecule has 2 heteroatoms. The van der Waals surface area contributed by atoms with Crippen LogP contribution in [0.3, 0.4) is 0 Å². The van der Waals surface area contributed by atoms with Gasteiger partial charge in [0, 0.05) is 11.4 Å². The molecular weight excluding hydrogens is 246 g/mol. The van der Waals surface area contributed by atoms with Gasteiger partial charge in [0.1, 0.15) is 0 Å². The van der Waals surface area contributed by atoms with Crippen molar-refractivity contribution in [2.45, 2.75) is 38.7 Å². The number of para-hydroxylation sites is 1. The number of hydrogen-bond acceptors (Lipinski definition) is 2. The number of nitrogens with one attached hydrogen (secondary N) is 1. The van der Waals surface area contributed by atoms with Gasteiger partial charge in [-0.15, -0.1) is 0 Å². The highest BCUT2D eigenvalue weighted by Crippen LogP contribution is 2.17. The van der Waals surface area contributed by atoms with Crippen LogP contribution in [0.25, 0.3) is 0 Å². The SMILES string of the molecule is CC(O)CCCCc1ccc(Nc2ccccc2)cc1. The molecule has 0 saturated carbocycles. The van der Waals surface area contributed by atoms with E-state index in [9.17, 15) is 5.11 Å². The number of benzene rings is 2. The molecular formula is C18H23NO. The summed E-state index contributed by atoms with van der Waals surface area (Å²) < 4.78 is 0. The van der Waals surface area contributed by atoms with Gasteiger partial charge in [0.05, 0.1) is 6.10 Å². The maximum absolute atomic E-state index is 9.22. The standard InChI is InChI=1S/C18H23NO/c1-15(20)7-5-6-8-16-11-13-18(14-12-16)19-17-9-3-2-4-10-17/h2-4,9-15,19-20H,5-8H2,1H3. The number of unbranched alkanes of at least 4 members (excludes halogenated alkanes) is 1. The molecule has 0 aliphatic heterocycles. The van der Waals surface area contributed by atoms with Crippen molar-refractivity contribution < 1.29 is 5.11 Å². The van der Waals surface area contributed by atoms with Crippen LogP contribution in [0.4, 0.5) is 11.4 Å². The second-order valence-corrected chi connectivity index (χ2v) is 5.28. The minimum absolute atomic E-state index is 0.174. The molecule has 2 aromatic carbocycles. The molecule has 0 aliphatic carbocycles. The highest BCUT2D eigenvalue weighted by Gasteiger charge is 1.98. The first-order valence-corrected chi connectivity index (χ1v) is 7.33. The average molecular weight is 269 g/mol. The molecule has 0 spiro atoms. The lowest BCUT2D eigenvalue weighted by atomic mass is 10.1. The Morgan fingerprint density at radius 3 is 2.20 bits per heavy atom. The van der Waals surface area contributed by atoms with E-state index < -0.39 is 0 Å². The Morgan fingerprint density at radius 2 is 1.55 bits per heavy atom. The van der Waals surface area contributed by atoms with Crippen LogP contribution < -0.4 is 5.32 Å². The van der Waals surface area contributed by atoms with E-state index >= 15 is 0 Å². The lowest BCUT2D eigenvalue weighted by Gasteiger charge is -2.08. The molecule has 0 saturated heterocycles. The lowest BCUT2D eigenvalue weighted by Crippen LogP contribution is -1.99. The van der Waals surface area contributed by atoms with Crippen LogP contribution >= 0.6 is 0 Å². The molecule has 1 atom stereocenters. The van der Waals surface area contributed by atoms with Crippen molar-refractivity contribution in [3.63, 3.8) is 0 Å². The molecule has 0 aliphatic rings. The monoisotopic (exact) mass is 269 g/mol. The van der Waals surface area contributed by atoms with Crippen LogP contribution in [0.1, 0.15) is 31.7 Å². The fourth-order valence-corrected chi connectivity index (χ4v) is 2.21. The third-order valence-electron chi connectivity index (χ3n) is 3.35. The summed E-state index contributed by atoms with van der Waals surface area (Å²) in [5, 5.41) is 12.6. The molecule has 20 heavy (non-hydrogen) atoms. The molecule has 0 radical (unpaired) electrons. The number of hydrogen-bond donors (Lipinski definition) is 2. The minimum atomic E-state index is -0.174. The zero-order chi connectivity index (χ0) is 14.2. The Kier molecular flexibility index (Phi) is 5.63. The highest BCUT2D eigenvalue weighted by molar-refractivity contribution is 5.59. The zero-order valence-electron chi connectivity index (χ0n) is 12.0. The smallest absolute Gasteiger partial charge is 0.0512 e. The second-order valence-electron chi connectivity index (χ2n) is 5.28. The number of aryl methyl sites for hydroxylation is 1. The van der Waals surface area contributed by atoms with E-state index in [2.05, 4.69) is 41.7 Å². The molecule has 0 heterocycles. The third-order valence-corrected chi connectivity index (χ3v) is 3.35. The number of rotatable bonds is 7. The van der Waals surface area contributed by atoms with E-state index in [1.807, 2.05) is 25.1 Å². The number of aliphatic hydroxyl groups is 1. The van der Waals surface area contributed by atoms with Crippen molar-refractivity contribution in [1.82, 2.24) is 0 Å². The van der Waals surface area contributed by atoms with Gasteiger partial charge in [0.15, 0.2) is 0 Å². The fourth-order valence-electron chi connectivity index (χ4n) is 2.21. The first-order valence-electron chi connectivity index (χ1n) is 7.33. The predicted molar refractivity (Wildman–Crippen MR) is 85.4 cm³/mol. The van der Waals surface area contributed by atoms with Crippen LogP contribution in [0.2, 0.25) is 0 Å². The number of anilines is 2. The summed E-state index contributed by atoms with van der Waals surface area (Å²) in [7, 11) is 0. The Morgan fingerprint density at radius 1 is 0.900 bits per heavy atom. The molecule has 2 nitrogen and oxygen atoms in total. The van der Waals surface area contributed by atoms with Crippen molar-refractivity contribution >= 4 is 11.4 Å². The number of aliphatic hydroxyl groups excluding tert-OH is 1. The molecule has 106 valence electrons. The Labute approximate surface area is 121 Å². The van der Waals surface area contributed by atoms with Crippen LogP contribution in [0, 0.1) is 0 Å². The quantitative estimate of drug-likeness (QED) is 0.724. The van der Waals surface area contributed by atoms with E-state index in [-0.39, 0.29) is 6.10 Å². The van der Waals surface area contributed by atoms with Crippen LogP contribution in [0.15, 0.2) is 54.6 Å². The fraction of sp³-hybridized carbons (Fsp3) is 0.333.